The molecule has 4 nitrogen and oxygen atoms in total. The number of ether oxygens (including phenoxy) is 1. The van der Waals surface area contributed by atoms with Crippen molar-refractivity contribution in [1.82, 2.24) is 10.6 Å². The Hall–Kier alpha value is -0.610. The van der Waals surface area contributed by atoms with Gasteiger partial charge < -0.3 is 15.4 Å². The van der Waals surface area contributed by atoms with Crippen LogP contribution in [0.2, 0.25) is 0 Å². The van der Waals surface area contributed by atoms with Gasteiger partial charge in [-0.2, -0.15) is 0 Å². The van der Waals surface area contributed by atoms with Gasteiger partial charge in [-0.1, -0.05) is 20.8 Å². The molecule has 112 valence electrons. The van der Waals surface area contributed by atoms with Crippen molar-refractivity contribution in [3.05, 3.63) is 0 Å². The van der Waals surface area contributed by atoms with Crippen molar-refractivity contribution in [3.8, 4) is 0 Å². The van der Waals surface area contributed by atoms with Gasteiger partial charge in [-0.05, 0) is 26.7 Å². The number of hydrogen-bond donors (Lipinski definition) is 2. The molecule has 19 heavy (non-hydrogen) atoms. The predicted octanol–water partition coefficient (Wildman–Crippen LogP) is 2.08. The van der Waals surface area contributed by atoms with Gasteiger partial charge >= 0.3 is 0 Å². The summed E-state index contributed by atoms with van der Waals surface area (Å²) in [7, 11) is 0. The molecule has 1 aliphatic carbocycles. The van der Waals surface area contributed by atoms with E-state index < -0.39 is 0 Å². The molecule has 0 aromatic heterocycles. The first-order chi connectivity index (χ1) is 8.91. The number of rotatable bonds is 8. The van der Waals surface area contributed by atoms with Gasteiger partial charge in [-0.15, -0.1) is 0 Å². The third-order valence-corrected chi connectivity index (χ3v) is 4.31. The maximum absolute atomic E-state index is 11.7. The molecular weight excluding hydrogens is 240 g/mol. The van der Waals surface area contributed by atoms with E-state index in [1.54, 1.807) is 0 Å². The molecule has 4 heteroatoms. The molecule has 0 heterocycles. The molecule has 0 bridgehead atoms. The normalized spacial score (nSPS) is 26.6. The molecule has 1 rings (SSSR count). The highest BCUT2D eigenvalue weighted by Crippen LogP contribution is 2.42. The average Bonchev–Trinajstić information content (AvgIpc) is 2.36. The molecule has 2 N–H and O–H groups in total. The van der Waals surface area contributed by atoms with Crippen molar-refractivity contribution in [2.45, 2.75) is 72.1 Å². The Bertz CT molecular complexity index is 292. The Labute approximate surface area is 117 Å². The summed E-state index contributed by atoms with van der Waals surface area (Å²) in [5, 5.41) is 6.46. The van der Waals surface area contributed by atoms with Gasteiger partial charge in [0.1, 0.15) is 0 Å². The third-order valence-electron chi connectivity index (χ3n) is 4.31. The van der Waals surface area contributed by atoms with E-state index in [2.05, 4.69) is 31.4 Å². The quantitative estimate of drug-likeness (QED) is 0.710. The molecule has 0 saturated heterocycles. The SMILES string of the molecule is CCOC1CC(NCCC(=O)NC(C)CC)C1(C)C. The number of nitrogens with one attached hydrogen (secondary N) is 2. The summed E-state index contributed by atoms with van der Waals surface area (Å²) in [5.41, 5.74) is 0.170. The first kappa shape index (κ1) is 16.4. The van der Waals surface area contributed by atoms with Crippen LogP contribution in [0.3, 0.4) is 0 Å². The minimum absolute atomic E-state index is 0.139. The highest BCUT2D eigenvalue weighted by molar-refractivity contribution is 5.76. The lowest BCUT2D eigenvalue weighted by Gasteiger charge is -2.52. The fraction of sp³-hybridized carbons (Fsp3) is 0.933. The smallest absolute Gasteiger partial charge is 0.221 e. The molecule has 3 atom stereocenters. The second-order valence-electron chi connectivity index (χ2n) is 6.13. The van der Waals surface area contributed by atoms with E-state index in [4.69, 9.17) is 4.74 Å². The first-order valence-corrected chi connectivity index (χ1v) is 7.56. The predicted molar refractivity (Wildman–Crippen MR) is 78.1 cm³/mol. The van der Waals surface area contributed by atoms with E-state index in [0.717, 1.165) is 26.0 Å². The van der Waals surface area contributed by atoms with Crippen LogP contribution in [0.15, 0.2) is 0 Å². The summed E-state index contributed by atoms with van der Waals surface area (Å²) in [4.78, 5) is 11.7. The van der Waals surface area contributed by atoms with Crippen LogP contribution in [0.1, 0.15) is 53.9 Å². The van der Waals surface area contributed by atoms with E-state index in [9.17, 15) is 4.79 Å². The monoisotopic (exact) mass is 270 g/mol. The highest BCUT2D eigenvalue weighted by Gasteiger charge is 2.48. The Morgan fingerprint density at radius 3 is 2.63 bits per heavy atom. The lowest BCUT2D eigenvalue weighted by atomic mass is 9.64. The fourth-order valence-electron chi connectivity index (χ4n) is 2.52. The summed E-state index contributed by atoms with van der Waals surface area (Å²) in [6.45, 7) is 12.1. The molecular formula is C15H30N2O2. The third kappa shape index (κ3) is 4.46. The van der Waals surface area contributed by atoms with E-state index in [-0.39, 0.29) is 17.4 Å². The zero-order valence-corrected chi connectivity index (χ0v) is 13.1. The fourth-order valence-corrected chi connectivity index (χ4v) is 2.52. The molecule has 0 spiro atoms. The van der Waals surface area contributed by atoms with Crippen molar-refractivity contribution in [2.24, 2.45) is 5.41 Å². The Kier molecular flexibility index (Phi) is 6.27. The first-order valence-electron chi connectivity index (χ1n) is 7.56. The Morgan fingerprint density at radius 2 is 2.11 bits per heavy atom. The molecule has 0 radical (unpaired) electrons. The van der Waals surface area contributed by atoms with E-state index in [0.29, 0.717) is 18.6 Å². The number of carbonyl (C=O) groups is 1. The van der Waals surface area contributed by atoms with Crippen LogP contribution in [0.5, 0.6) is 0 Å². The molecule has 1 fully saturated rings. The van der Waals surface area contributed by atoms with Gasteiger partial charge in [0, 0.05) is 37.1 Å². The molecule has 1 aliphatic rings. The van der Waals surface area contributed by atoms with Crippen molar-refractivity contribution < 1.29 is 9.53 Å². The number of hydrogen-bond acceptors (Lipinski definition) is 3. The van der Waals surface area contributed by atoms with Crippen LogP contribution in [0.25, 0.3) is 0 Å². The van der Waals surface area contributed by atoms with E-state index >= 15 is 0 Å². The van der Waals surface area contributed by atoms with Crippen LogP contribution in [0.4, 0.5) is 0 Å². The van der Waals surface area contributed by atoms with Crippen molar-refractivity contribution in [1.29, 1.82) is 0 Å². The summed E-state index contributed by atoms with van der Waals surface area (Å²) in [5.74, 6) is 0.139. The Morgan fingerprint density at radius 1 is 1.42 bits per heavy atom. The summed E-state index contributed by atoms with van der Waals surface area (Å²) in [6, 6.07) is 0.732. The van der Waals surface area contributed by atoms with Gasteiger partial charge in [0.15, 0.2) is 0 Å². The van der Waals surface area contributed by atoms with Gasteiger partial charge in [0.25, 0.3) is 0 Å². The zero-order valence-electron chi connectivity index (χ0n) is 13.1. The molecule has 0 aliphatic heterocycles. The topological polar surface area (TPSA) is 50.4 Å². The maximum Gasteiger partial charge on any atom is 0.221 e. The van der Waals surface area contributed by atoms with Gasteiger partial charge in [-0.3, -0.25) is 4.79 Å². The van der Waals surface area contributed by atoms with Crippen LogP contribution in [-0.2, 0) is 9.53 Å². The van der Waals surface area contributed by atoms with Crippen LogP contribution in [-0.4, -0.2) is 37.2 Å². The van der Waals surface area contributed by atoms with Crippen molar-refractivity contribution >= 4 is 5.91 Å². The molecule has 1 saturated carbocycles. The second-order valence-corrected chi connectivity index (χ2v) is 6.13. The minimum Gasteiger partial charge on any atom is -0.378 e. The molecule has 0 aromatic rings. The lowest BCUT2D eigenvalue weighted by molar-refractivity contribution is -0.123. The molecule has 0 aromatic carbocycles. The minimum atomic E-state index is 0.139. The second kappa shape index (κ2) is 7.25. The summed E-state index contributed by atoms with van der Waals surface area (Å²) < 4.78 is 5.70. The van der Waals surface area contributed by atoms with Crippen LogP contribution >= 0.6 is 0 Å². The highest BCUT2D eigenvalue weighted by atomic mass is 16.5. The largest absolute Gasteiger partial charge is 0.378 e. The van der Waals surface area contributed by atoms with E-state index in [1.807, 2.05) is 13.8 Å². The van der Waals surface area contributed by atoms with Crippen LogP contribution in [0, 0.1) is 5.41 Å². The van der Waals surface area contributed by atoms with Gasteiger partial charge in [-0.25, -0.2) is 0 Å². The van der Waals surface area contributed by atoms with Gasteiger partial charge in [0.2, 0.25) is 5.91 Å². The van der Waals surface area contributed by atoms with Crippen molar-refractivity contribution in [2.75, 3.05) is 13.2 Å². The van der Waals surface area contributed by atoms with Crippen molar-refractivity contribution in [3.63, 3.8) is 0 Å². The maximum atomic E-state index is 11.7. The summed E-state index contributed by atoms with van der Waals surface area (Å²) in [6.07, 6.45) is 2.93. The number of amides is 1. The number of carbonyl (C=O) groups excluding carboxylic acids is 1. The lowest BCUT2D eigenvalue weighted by Crippen LogP contribution is -2.61. The standard InChI is InChI=1S/C15H30N2O2/c1-6-11(3)17-14(18)8-9-16-12-10-13(19-7-2)15(12,4)5/h11-13,16H,6-10H2,1-5H3,(H,17,18). The Balaban J connectivity index is 2.19. The van der Waals surface area contributed by atoms with Crippen LogP contribution < -0.4 is 10.6 Å². The molecule has 3 unspecified atom stereocenters. The summed E-state index contributed by atoms with van der Waals surface area (Å²) >= 11 is 0. The van der Waals surface area contributed by atoms with E-state index in [1.165, 1.54) is 0 Å². The average molecular weight is 270 g/mol. The molecule has 1 amide bonds. The zero-order chi connectivity index (χ0) is 14.5. The van der Waals surface area contributed by atoms with Gasteiger partial charge in [0.05, 0.1) is 6.10 Å².